The molecule has 1 aliphatic heterocycles. The van der Waals surface area contributed by atoms with E-state index in [0.717, 1.165) is 12.8 Å². The lowest BCUT2D eigenvalue weighted by Gasteiger charge is -2.32. The van der Waals surface area contributed by atoms with Crippen LogP contribution in [-0.2, 0) is 4.79 Å². The Kier molecular flexibility index (Phi) is 7.70. The van der Waals surface area contributed by atoms with E-state index in [9.17, 15) is 14.4 Å². The van der Waals surface area contributed by atoms with Gasteiger partial charge in [-0.1, -0.05) is 6.07 Å². The van der Waals surface area contributed by atoms with Crippen LogP contribution in [0.5, 0.6) is 17.2 Å². The Balaban J connectivity index is 1.50. The highest BCUT2D eigenvalue weighted by molar-refractivity contribution is 5.95. The lowest BCUT2D eigenvalue weighted by atomic mass is 9.96. The van der Waals surface area contributed by atoms with Crippen LogP contribution in [-0.4, -0.2) is 56.5 Å². The van der Waals surface area contributed by atoms with Gasteiger partial charge in [-0.15, -0.1) is 0 Å². The van der Waals surface area contributed by atoms with Crippen LogP contribution in [0.3, 0.4) is 0 Å². The van der Waals surface area contributed by atoms with Crippen LogP contribution >= 0.6 is 0 Å². The van der Waals surface area contributed by atoms with Gasteiger partial charge >= 0.3 is 5.97 Å². The van der Waals surface area contributed by atoms with Crippen molar-refractivity contribution >= 4 is 17.8 Å². The quantitative estimate of drug-likeness (QED) is 0.526. The second-order valence-corrected chi connectivity index (χ2v) is 7.64. The average molecular weight is 440 g/mol. The highest BCUT2D eigenvalue weighted by Crippen LogP contribution is 2.28. The first-order chi connectivity index (χ1) is 15.4. The molecular formula is C24H28N2O6. The van der Waals surface area contributed by atoms with Crippen LogP contribution < -0.4 is 19.5 Å². The molecule has 170 valence electrons. The molecule has 0 unspecified atom stereocenters. The Morgan fingerprint density at radius 2 is 1.69 bits per heavy atom. The van der Waals surface area contributed by atoms with E-state index < -0.39 is 5.97 Å². The van der Waals surface area contributed by atoms with Gasteiger partial charge in [-0.05, 0) is 55.2 Å². The van der Waals surface area contributed by atoms with Gasteiger partial charge in [0.25, 0.3) is 11.8 Å². The van der Waals surface area contributed by atoms with Crippen molar-refractivity contribution in [2.45, 2.75) is 19.8 Å². The first kappa shape index (κ1) is 23.1. The van der Waals surface area contributed by atoms with Crippen LogP contribution in [0, 0.1) is 5.92 Å². The molecule has 0 aromatic heterocycles. The summed E-state index contributed by atoms with van der Waals surface area (Å²) in [6, 6.07) is 11.7. The van der Waals surface area contributed by atoms with Crippen LogP contribution in [0.4, 0.5) is 0 Å². The molecule has 0 bridgehead atoms. The van der Waals surface area contributed by atoms with E-state index in [0.29, 0.717) is 48.0 Å². The number of methoxy groups -OCH3 is 2. The fourth-order valence-corrected chi connectivity index (χ4v) is 3.70. The maximum Gasteiger partial charge on any atom is 0.308 e. The Morgan fingerprint density at radius 1 is 0.969 bits per heavy atom. The number of rotatable bonds is 7. The Hall–Kier alpha value is -3.55. The van der Waals surface area contributed by atoms with Crippen molar-refractivity contribution in [2.75, 3.05) is 33.9 Å². The molecule has 0 radical (unpaired) electrons. The maximum atomic E-state index is 12.9. The first-order valence-corrected chi connectivity index (χ1v) is 10.5. The van der Waals surface area contributed by atoms with Crippen molar-refractivity contribution in [3.8, 4) is 17.2 Å². The van der Waals surface area contributed by atoms with Gasteiger partial charge in [0.1, 0.15) is 5.75 Å². The topological polar surface area (TPSA) is 94.2 Å². The van der Waals surface area contributed by atoms with Gasteiger partial charge in [-0.2, -0.15) is 0 Å². The van der Waals surface area contributed by atoms with E-state index in [1.807, 2.05) is 4.90 Å². The predicted molar refractivity (Wildman–Crippen MR) is 118 cm³/mol. The number of benzene rings is 2. The molecule has 0 atom stereocenters. The number of likely N-dealkylation sites (tertiary alicyclic amines) is 1. The number of hydrogen-bond acceptors (Lipinski definition) is 6. The summed E-state index contributed by atoms with van der Waals surface area (Å²) in [5, 5.41) is 2.94. The van der Waals surface area contributed by atoms with E-state index in [1.54, 1.807) is 56.7 Å². The molecule has 2 amide bonds. The van der Waals surface area contributed by atoms with E-state index in [1.165, 1.54) is 6.92 Å². The van der Waals surface area contributed by atoms with Crippen molar-refractivity contribution in [3.63, 3.8) is 0 Å². The van der Waals surface area contributed by atoms with Crippen molar-refractivity contribution in [1.82, 2.24) is 10.2 Å². The zero-order valence-corrected chi connectivity index (χ0v) is 18.6. The van der Waals surface area contributed by atoms with Gasteiger partial charge in [0.2, 0.25) is 0 Å². The number of hydrogen-bond donors (Lipinski definition) is 1. The van der Waals surface area contributed by atoms with Crippen LogP contribution in [0.1, 0.15) is 40.5 Å². The number of carbonyl (C=O) groups is 3. The summed E-state index contributed by atoms with van der Waals surface area (Å²) in [6.07, 6.45) is 1.60. The summed E-state index contributed by atoms with van der Waals surface area (Å²) in [5.74, 6) is 1.03. The molecule has 0 saturated carbocycles. The van der Waals surface area contributed by atoms with Crippen molar-refractivity contribution < 1.29 is 28.6 Å². The summed E-state index contributed by atoms with van der Waals surface area (Å²) >= 11 is 0. The molecular weight excluding hydrogens is 412 g/mol. The van der Waals surface area contributed by atoms with Crippen molar-refractivity contribution in [1.29, 1.82) is 0 Å². The normalized spacial score (nSPS) is 13.9. The van der Waals surface area contributed by atoms with Crippen LogP contribution in [0.25, 0.3) is 0 Å². The third-order valence-corrected chi connectivity index (χ3v) is 5.44. The maximum absolute atomic E-state index is 12.9. The minimum Gasteiger partial charge on any atom is -0.493 e. The minimum absolute atomic E-state index is 0.0456. The fraction of sp³-hybridized carbons (Fsp3) is 0.375. The fourth-order valence-electron chi connectivity index (χ4n) is 3.70. The molecule has 1 fully saturated rings. The summed E-state index contributed by atoms with van der Waals surface area (Å²) in [5.41, 5.74) is 0.992. The Morgan fingerprint density at radius 3 is 2.34 bits per heavy atom. The third-order valence-electron chi connectivity index (χ3n) is 5.44. The van der Waals surface area contributed by atoms with Gasteiger partial charge < -0.3 is 24.4 Å². The number of nitrogens with zero attached hydrogens (tertiary/aromatic N) is 1. The summed E-state index contributed by atoms with van der Waals surface area (Å²) in [4.78, 5) is 38.2. The number of nitrogens with one attached hydrogen (secondary N) is 1. The Labute approximate surface area is 187 Å². The molecule has 2 aromatic rings. The summed E-state index contributed by atoms with van der Waals surface area (Å²) in [7, 11) is 3.10. The van der Waals surface area contributed by atoms with Gasteiger partial charge in [0.15, 0.2) is 11.5 Å². The highest BCUT2D eigenvalue weighted by atomic mass is 16.5. The van der Waals surface area contributed by atoms with E-state index >= 15 is 0 Å². The van der Waals surface area contributed by atoms with E-state index in [2.05, 4.69) is 5.32 Å². The number of ether oxygens (including phenoxy) is 3. The van der Waals surface area contributed by atoms with Gasteiger partial charge in [-0.3, -0.25) is 14.4 Å². The largest absolute Gasteiger partial charge is 0.493 e. The Bertz CT molecular complexity index is 982. The third kappa shape index (κ3) is 5.78. The van der Waals surface area contributed by atoms with E-state index in [4.69, 9.17) is 14.2 Å². The number of piperidine rings is 1. The minimum atomic E-state index is -0.433. The standard InChI is InChI=1S/C24H28N2O6/c1-16(27)32-20-6-4-5-18(13-20)23(28)25-15-17-9-11-26(12-10-17)24(29)19-7-8-21(30-2)22(14-19)31-3/h4-8,13-14,17H,9-12,15H2,1-3H3,(H,25,28). The van der Waals surface area contributed by atoms with Crippen LogP contribution in [0.2, 0.25) is 0 Å². The van der Waals surface area contributed by atoms with Crippen molar-refractivity contribution in [2.24, 2.45) is 5.92 Å². The molecule has 1 heterocycles. The second kappa shape index (κ2) is 10.7. The monoisotopic (exact) mass is 440 g/mol. The lowest BCUT2D eigenvalue weighted by Crippen LogP contribution is -2.41. The molecule has 1 N–H and O–H groups in total. The number of esters is 1. The molecule has 32 heavy (non-hydrogen) atoms. The summed E-state index contributed by atoms with van der Waals surface area (Å²) < 4.78 is 15.5. The first-order valence-electron chi connectivity index (χ1n) is 10.5. The molecule has 0 spiro atoms. The zero-order chi connectivity index (χ0) is 23.1. The average Bonchev–Trinajstić information content (AvgIpc) is 2.81. The molecule has 1 saturated heterocycles. The van der Waals surface area contributed by atoms with Gasteiger partial charge in [-0.25, -0.2) is 0 Å². The molecule has 8 heteroatoms. The second-order valence-electron chi connectivity index (χ2n) is 7.64. The number of carbonyl (C=O) groups excluding carboxylic acids is 3. The molecule has 0 aliphatic carbocycles. The molecule has 3 rings (SSSR count). The molecule has 8 nitrogen and oxygen atoms in total. The zero-order valence-electron chi connectivity index (χ0n) is 18.6. The van der Waals surface area contributed by atoms with E-state index in [-0.39, 0.29) is 17.7 Å². The van der Waals surface area contributed by atoms with Gasteiger partial charge in [0.05, 0.1) is 14.2 Å². The van der Waals surface area contributed by atoms with Crippen molar-refractivity contribution in [3.05, 3.63) is 53.6 Å². The smallest absolute Gasteiger partial charge is 0.308 e. The highest BCUT2D eigenvalue weighted by Gasteiger charge is 2.25. The lowest BCUT2D eigenvalue weighted by molar-refractivity contribution is -0.131. The van der Waals surface area contributed by atoms with Gasteiger partial charge in [0, 0.05) is 37.7 Å². The SMILES string of the molecule is COc1ccc(C(=O)N2CCC(CNC(=O)c3cccc(OC(C)=O)c3)CC2)cc1OC. The van der Waals surface area contributed by atoms with Crippen LogP contribution in [0.15, 0.2) is 42.5 Å². The predicted octanol–water partition coefficient (Wildman–Crippen LogP) is 2.91. The molecule has 2 aromatic carbocycles. The summed E-state index contributed by atoms with van der Waals surface area (Å²) in [6.45, 7) is 3.08. The number of amides is 2. The molecule has 1 aliphatic rings.